The Bertz CT molecular complexity index is 845. The van der Waals surface area contributed by atoms with Gasteiger partial charge in [-0.1, -0.05) is 6.08 Å². The number of hydrogen-bond donors (Lipinski definition) is 2. The van der Waals surface area contributed by atoms with Gasteiger partial charge in [0.15, 0.2) is 5.78 Å². The molecule has 0 bridgehead atoms. The third kappa shape index (κ3) is 2.96. The van der Waals surface area contributed by atoms with Gasteiger partial charge in [-0.3, -0.25) is 19.4 Å². The van der Waals surface area contributed by atoms with Gasteiger partial charge in [0, 0.05) is 19.5 Å². The van der Waals surface area contributed by atoms with Gasteiger partial charge in [-0.05, 0) is 51.3 Å². The Balaban J connectivity index is 1.87. The minimum Gasteiger partial charge on any atom is -0.301 e. The maximum Gasteiger partial charge on any atom is 0.329 e. The first-order chi connectivity index (χ1) is 11.7. The van der Waals surface area contributed by atoms with E-state index >= 15 is 0 Å². The Morgan fingerprint density at radius 2 is 1.75 bits per heavy atom. The molecule has 1 heterocycles. The zero-order chi connectivity index (χ0) is 17.1. The lowest BCUT2D eigenvalue weighted by Gasteiger charge is -2.12. The highest BCUT2D eigenvalue weighted by molar-refractivity contribution is 5.95. The van der Waals surface area contributed by atoms with Crippen molar-refractivity contribution in [1.29, 1.82) is 0 Å². The second-order valence-electron chi connectivity index (χ2n) is 6.01. The van der Waals surface area contributed by atoms with Crippen molar-refractivity contribution in [3.8, 4) is 0 Å². The second-order valence-corrected chi connectivity index (χ2v) is 6.01. The summed E-state index contributed by atoms with van der Waals surface area (Å²) >= 11 is 0. The molecule has 0 unspecified atom stereocenters. The first-order valence-electron chi connectivity index (χ1n) is 8.64. The first-order valence-corrected chi connectivity index (χ1v) is 8.64. The normalized spacial score (nSPS) is 15.2. The van der Waals surface area contributed by atoms with E-state index < -0.39 is 0 Å². The van der Waals surface area contributed by atoms with E-state index in [-0.39, 0.29) is 11.5 Å². The molecule has 1 aliphatic rings. The maximum atomic E-state index is 12.4. The Labute approximate surface area is 141 Å². The average Bonchev–Trinajstić information content (AvgIpc) is 2.70. The van der Waals surface area contributed by atoms with E-state index in [2.05, 4.69) is 10.9 Å². The molecule has 0 amide bonds. The predicted molar refractivity (Wildman–Crippen MR) is 95.9 cm³/mol. The fourth-order valence-electron chi connectivity index (χ4n) is 3.19. The van der Waals surface area contributed by atoms with Crippen LogP contribution in [-0.4, -0.2) is 14.9 Å². The lowest BCUT2D eigenvalue weighted by atomic mass is 10.2. The SMILES string of the molecule is CCn1c(=O)n(CC)c2cc(NNC3=CCCCCC3=O)ccc21. The molecule has 0 radical (unpaired) electrons. The highest BCUT2D eigenvalue weighted by atomic mass is 16.1. The molecule has 3 rings (SSSR count). The van der Waals surface area contributed by atoms with Crippen LogP contribution in [0.25, 0.3) is 11.0 Å². The molecule has 6 heteroatoms. The number of anilines is 1. The van der Waals surface area contributed by atoms with Crippen LogP contribution in [0.1, 0.15) is 39.5 Å². The fraction of sp³-hybridized carbons (Fsp3) is 0.444. The molecule has 2 N–H and O–H groups in total. The molecule has 0 atom stereocenters. The van der Waals surface area contributed by atoms with Crippen LogP contribution in [0.15, 0.2) is 34.8 Å². The maximum absolute atomic E-state index is 12.4. The molecule has 1 aromatic carbocycles. The monoisotopic (exact) mass is 328 g/mol. The number of hydrogen-bond acceptors (Lipinski definition) is 4. The molecular weight excluding hydrogens is 304 g/mol. The van der Waals surface area contributed by atoms with Crippen molar-refractivity contribution in [3.05, 3.63) is 40.5 Å². The van der Waals surface area contributed by atoms with E-state index in [1.807, 2.05) is 38.1 Å². The highest BCUT2D eigenvalue weighted by Crippen LogP contribution is 2.19. The number of fused-ring (bicyclic) bond motifs is 1. The van der Waals surface area contributed by atoms with Crippen LogP contribution in [0.3, 0.4) is 0 Å². The third-order valence-corrected chi connectivity index (χ3v) is 4.50. The van der Waals surface area contributed by atoms with Gasteiger partial charge in [0.2, 0.25) is 0 Å². The van der Waals surface area contributed by atoms with Crippen molar-refractivity contribution >= 4 is 22.5 Å². The Hall–Kier alpha value is -2.50. The van der Waals surface area contributed by atoms with Crippen molar-refractivity contribution < 1.29 is 4.79 Å². The summed E-state index contributed by atoms with van der Waals surface area (Å²) in [5, 5.41) is 0. The van der Waals surface area contributed by atoms with Crippen LogP contribution < -0.4 is 16.5 Å². The lowest BCUT2D eigenvalue weighted by molar-refractivity contribution is -0.115. The van der Waals surface area contributed by atoms with Crippen molar-refractivity contribution in [3.63, 3.8) is 0 Å². The molecule has 1 aromatic heterocycles. The van der Waals surface area contributed by atoms with Gasteiger partial charge in [0.05, 0.1) is 22.4 Å². The number of allylic oxidation sites excluding steroid dienone is 2. The molecule has 0 fully saturated rings. The third-order valence-electron chi connectivity index (χ3n) is 4.50. The molecule has 6 nitrogen and oxygen atoms in total. The molecule has 0 aliphatic heterocycles. The van der Waals surface area contributed by atoms with Gasteiger partial charge in [0.25, 0.3) is 0 Å². The zero-order valence-electron chi connectivity index (χ0n) is 14.3. The van der Waals surface area contributed by atoms with Crippen LogP contribution in [0.2, 0.25) is 0 Å². The molecule has 2 aromatic rings. The second kappa shape index (κ2) is 6.95. The Morgan fingerprint density at radius 1 is 1.00 bits per heavy atom. The number of nitrogens with one attached hydrogen (secondary N) is 2. The van der Waals surface area contributed by atoms with Crippen molar-refractivity contribution in [2.45, 2.75) is 52.6 Å². The van der Waals surface area contributed by atoms with Gasteiger partial charge in [-0.25, -0.2) is 4.79 Å². The summed E-state index contributed by atoms with van der Waals surface area (Å²) in [6, 6.07) is 5.81. The van der Waals surface area contributed by atoms with Gasteiger partial charge >= 0.3 is 5.69 Å². The summed E-state index contributed by atoms with van der Waals surface area (Å²) in [5.41, 5.74) is 9.44. The molecule has 0 saturated carbocycles. The van der Waals surface area contributed by atoms with E-state index in [0.29, 0.717) is 25.2 Å². The van der Waals surface area contributed by atoms with Gasteiger partial charge in [-0.15, -0.1) is 0 Å². The van der Waals surface area contributed by atoms with Crippen LogP contribution in [0, 0.1) is 0 Å². The number of aryl methyl sites for hydroxylation is 2. The Morgan fingerprint density at radius 3 is 2.50 bits per heavy atom. The van der Waals surface area contributed by atoms with Crippen LogP contribution in [-0.2, 0) is 17.9 Å². The summed E-state index contributed by atoms with van der Waals surface area (Å²) < 4.78 is 3.54. The largest absolute Gasteiger partial charge is 0.329 e. The van der Waals surface area contributed by atoms with Gasteiger partial charge in [0.1, 0.15) is 0 Å². The van der Waals surface area contributed by atoms with E-state index in [1.165, 1.54) is 0 Å². The number of hydrazine groups is 1. The first kappa shape index (κ1) is 16.4. The fourth-order valence-corrected chi connectivity index (χ4v) is 3.19. The minimum atomic E-state index is 0.0155. The summed E-state index contributed by atoms with van der Waals surface area (Å²) in [5.74, 6) is 0.142. The van der Waals surface area contributed by atoms with Crippen LogP contribution >= 0.6 is 0 Å². The molecule has 0 spiro atoms. The molecule has 24 heavy (non-hydrogen) atoms. The number of rotatable bonds is 5. The number of benzene rings is 1. The van der Waals surface area contributed by atoms with Crippen LogP contribution in [0.5, 0.6) is 0 Å². The molecule has 1 aliphatic carbocycles. The van der Waals surface area contributed by atoms with E-state index in [1.54, 1.807) is 9.13 Å². The predicted octanol–water partition coefficient (Wildman–Crippen LogP) is 2.79. The number of carbonyl (C=O) groups excluding carboxylic acids is 1. The van der Waals surface area contributed by atoms with E-state index in [9.17, 15) is 9.59 Å². The summed E-state index contributed by atoms with van der Waals surface area (Å²) in [6.45, 7) is 5.21. The number of ketones is 1. The molecule has 128 valence electrons. The van der Waals surface area contributed by atoms with Gasteiger partial charge < -0.3 is 5.43 Å². The number of aromatic nitrogens is 2. The molecular formula is C18H24N4O2. The van der Waals surface area contributed by atoms with Gasteiger partial charge in [-0.2, -0.15) is 0 Å². The quantitative estimate of drug-likeness (QED) is 0.828. The number of imidazole rings is 1. The number of carbonyl (C=O) groups is 1. The topological polar surface area (TPSA) is 68.1 Å². The van der Waals surface area contributed by atoms with Crippen molar-refractivity contribution in [2.24, 2.45) is 0 Å². The van der Waals surface area contributed by atoms with E-state index in [0.717, 1.165) is 36.0 Å². The highest BCUT2D eigenvalue weighted by Gasteiger charge is 2.13. The minimum absolute atomic E-state index is 0.0155. The van der Waals surface area contributed by atoms with Crippen molar-refractivity contribution in [2.75, 3.05) is 5.43 Å². The lowest BCUT2D eigenvalue weighted by Crippen LogP contribution is -2.25. The summed E-state index contributed by atoms with van der Waals surface area (Å²) in [4.78, 5) is 24.4. The molecule has 0 saturated heterocycles. The van der Waals surface area contributed by atoms with Crippen LogP contribution in [0.4, 0.5) is 5.69 Å². The van der Waals surface area contributed by atoms with E-state index in [4.69, 9.17) is 0 Å². The standard InChI is InChI=1S/C18H24N4O2/c1-3-21-15-11-10-13(12-16(15)22(4-2)18(21)24)19-20-14-8-6-5-7-9-17(14)23/h8,10-12,19-20H,3-7,9H2,1-2H3. The smallest absolute Gasteiger partial charge is 0.301 e. The number of nitrogens with zero attached hydrogens (tertiary/aromatic N) is 2. The summed E-state index contributed by atoms with van der Waals surface area (Å²) in [6.07, 6.45) is 5.46. The van der Waals surface area contributed by atoms with Crippen molar-refractivity contribution in [1.82, 2.24) is 14.6 Å². The zero-order valence-corrected chi connectivity index (χ0v) is 14.3. The average molecular weight is 328 g/mol. The summed E-state index contributed by atoms with van der Waals surface area (Å²) in [7, 11) is 0. The Kier molecular flexibility index (Phi) is 4.74. The number of Topliss-reactive ketones (excluding diaryl/α,β-unsaturated/α-hetero) is 1.